The molecule has 0 radical (unpaired) electrons. The van der Waals surface area contributed by atoms with Crippen molar-refractivity contribution in [1.29, 1.82) is 0 Å². The fourth-order valence-corrected chi connectivity index (χ4v) is 3.48. The number of aromatic amines is 1. The zero-order valence-corrected chi connectivity index (χ0v) is 17.4. The Morgan fingerprint density at radius 3 is 2.41 bits per heavy atom. The normalized spacial score (nSPS) is 12.4. The van der Waals surface area contributed by atoms with Gasteiger partial charge in [-0.15, -0.1) is 0 Å². The first-order chi connectivity index (χ1) is 15.0. The summed E-state index contributed by atoms with van der Waals surface area (Å²) in [6.45, 7) is 3.85. The van der Waals surface area contributed by atoms with E-state index >= 15 is 0 Å². The van der Waals surface area contributed by atoms with Crippen LogP contribution < -0.4 is 11.1 Å². The Morgan fingerprint density at radius 2 is 1.81 bits per heavy atom. The summed E-state index contributed by atoms with van der Waals surface area (Å²) in [4.78, 5) is 45.3. The number of carbonyl (C=O) groups excluding carboxylic acids is 1. The van der Waals surface area contributed by atoms with Crippen LogP contribution in [0.15, 0.2) is 30.5 Å². The van der Waals surface area contributed by atoms with Gasteiger partial charge in [0.05, 0.1) is 5.39 Å². The first-order valence-electron chi connectivity index (χ1n) is 9.70. The zero-order valence-electron chi connectivity index (χ0n) is 17.4. The number of aromatic nitrogens is 3. The van der Waals surface area contributed by atoms with Gasteiger partial charge in [-0.25, -0.2) is 4.79 Å². The van der Waals surface area contributed by atoms with Crippen molar-refractivity contribution in [1.82, 2.24) is 20.3 Å². The van der Waals surface area contributed by atoms with Gasteiger partial charge in [-0.3, -0.25) is 9.59 Å². The zero-order chi connectivity index (χ0) is 23.6. The summed E-state index contributed by atoms with van der Waals surface area (Å²) in [7, 11) is 0. The van der Waals surface area contributed by atoms with Crippen LogP contribution >= 0.6 is 0 Å². The average molecular weight is 441 g/mol. The van der Waals surface area contributed by atoms with Crippen molar-refractivity contribution >= 4 is 34.8 Å². The molecular weight excluding hydrogens is 418 g/mol. The highest BCUT2D eigenvalue weighted by Gasteiger charge is 2.29. The van der Waals surface area contributed by atoms with Gasteiger partial charge in [0.2, 0.25) is 11.8 Å². The third kappa shape index (κ3) is 4.46. The lowest BCUT2D eigenvalue weighted by molar-refractivity contribution is -0.140. The van der Waals surface area contributed by atoms with Gasteiger partial charge in [0.25, 0.3) is 5.91 Å². The van der Waals surface area contributed by atoms with Crippen molar-refractivity contribution in [2.75, 3.05) is 5.73 Å². The standard InChI is InChI=1S/C21H23N5O6/c1-21(2,12-9-23-16-15(12)18(30)26-20(22)25-16)11-5-3-10(4-6-11)17(29)24-13(19(31)32)7-8-14(27)28/h3-6,9,13H,7-8H2,1-2H3,(H,24,29)(H,27,28)(H,31,32)(H4,22,23,25,26,30)/t13-/m0/s1. The van der Waals surface area contributed by atoms with Gasteiger partial charge in [0.15, 0.2) is 0 Å². The van der Waals surface area contributed by atoms with Crippen LogP contribution in [0.25, 0.3) is 11.0 Å². The number of anilines is 1. The number of nitrogens with two attached hydrogens (primary N) is 1. The molecule has 1 atom stereocenters. The van der Waals surface area contributed by atoms with Gasteiger partial charge in [-0.2, -0.15) is 9.97 Å². The second kappa shape index (κ2) is 8.53. The van der Waals surface area contributed by atoms with E-state index in [0.717, 1.165) is 11.1 Å². The van der Waals surface area contributed by atoms with E-state index in [2.05, 4.69) is 20.3 Å². The molecule has 3 aromatic rings. The Balaban J connectivity index is 1.84. The summed E-state index contributed by atoms with van der Waals surface area (Å²) >= 11 is 0. The second-order valence-corrected chi connectivity index (χ2v) is 7.83. The van der Waals surface area contributed by atoms with Crippen molar-refractivity contribution in [2.45, 2.75) is 38.1 Å². The number of carbonyl (C=O) groups is 3. The van der Waals surface area contributed by atoms with Crippen LogP contribution in [0.5, 0.6) is 5.88 Å². The minimum atomic E-state index is -1.31. The van der Waals surface area contributed by atoms with E-state index in [4.69, 9.17) is 10.8 Å². The number of hydrogen-bond acceptors (Lipinski definition) is 7. The Labute approximate surface area is 182 Å². The summed E-state index contributed by atoms with van der Waals surface area (Å²) in [6.07, 6.45) is 1.11. The number of benzene rings is 1. The third-order valence-corrected chi connectivity index (χ3v) is 5.32. The van der Waals surface area contributed by atoms with E-state index in [1.165, 1.54) is 0 Å². The molecule has 0 bridgehead atoms. The van der Waals surface area contributed by atoms with Crippen LogP contribution in [0.4, 0.5) is 5.95 Å². The molecule has 0 aliphatic carbocycles. The summed E-state index contributed by atoms with van der Waals surface area (Å²) in [5, 5.41) is 31.0. The van der Waals surface area contributed by atoms with Crippen molar-refractivity contribution in [3.8, 4) is 5.88 Å². The van der Waals surface area contributed by atoms with Crippen molar-refractivity contribution in [3.05, 3.63) is 47.2 Å². The fraction of sp³-hybridized carbons (Fsp3) is 0.286. The Kier molecular flexibility index (Phi) is 6.01. The van der Waals surface area contributed by atoms with Crippen LogP contribution in [-0.2, 0) is 15.0 Å². The number of aliphatic carboxylic acids is 2. The van der Waals surface area contributed by atoms with E-state index in [-0.39, 0.29) is 30.2 Å². The fourth-order valence-electron chi connectivity index (χ4n) is 3.48. The molecule has 168 valence electrons. The molecule has 1 amide bonds. The predicted octanol–water partition coefficient (Wildman–Crippen LogP) is 1.62. The molecule has 0 spiro atoms. The minimum Gasteiger partial charge on any atom is -0.493 e. The van der Waals surface area contributed by atoms with Crippen LogP contribution in [-0.4, -0.2) is 54.2 Å². The topological polar surface area (TPSA) is 192 Å². The molecule has 3 rings (SSSR count). The molecular formula is C21H23N5O6. The quantitative estimate of drug-likeness (QED) is 0.301. The Bertz CT molecular complexity index is 1190. The molecule has 11 nitrogen and oxygen atoms in total. The molecule has 0 saturated heterocycles. The van der Waals surface area contributed by atoms with Crippen molar-refractivity contribution < 1.29 is 29.7 Å². The van der Waals surface area contributed by atoms with Crippen LogP contribution in [0, 0.1) is 0 Å². The summed E-state index contributed by atoms with van der Waals surface area (Å²) in [6, 6.07) is 5.22. The molecule has 0 saturated carbocycles. The number of fused-ring (bicyclic) bond motifs is 1. The van der Waals surface area contributed by atoms with E-state index in [1.54, 1.807) is 30.5 Å². The SMILES string of the molecule is CC(C)(c1ccc(C(=O)N[C@@H](CCC(=O)O)C(=O)O)cc1)c1c[nH]c2nc(N)nc(O)c12. The van der Waals surface area contributed by atoms with Gasteiger partial charge in [0, 0.05) is 23.6 Å². The molecule has 11 heteroatoms. The molecule has 0 aliphatic rings. The molecule has 0 fully saturated rings. The summed E-state index contributed by atoms with van der Waals surface area (Å²) in [5.74, 6) is -3.37. The van der Waals surface area contributed by atoms with E-state index < -0.39 is 29.3 Å². The maximum absolute atomic E-state index is 12.5. The van der Waals surface area contributed by atoms with E-state index in [1.807, 2.05) is 13.8 Å². The average Bonchev–Trinajstić information content (AvgIpc) is 3.15. The number of carboxylic acids is 2. The van der Waals surface area contributed by atoms with Crippen LogP contribution in [0.2, 0.25) is 0 Å². The van der Waals surface area contributed by atoms with Gasteiger partial charge < -0.3 is 31.4 Å². The first-order valence-corrected chi connectivity index (χ1v) is 9.70. The Hall–Kier alpha value is -4.15. The smallest absolute Gasteiger partial charge is 0.326 e. The van der Waals surface area contributed by atoms with Gasteiger partial charge in [-0.05, 0) is 29.7 Å². The number of nitrogens with zero attached hydrogens (tertiary/aromatic N) is 2. The number of nitrogen functional groups attached to an aromatic ring is 1. The lowest BCUT2D eigenvalue weighted by Gasteiger charge is -2.25. The van der Waals surface area contributed by atoms with Crippen molar-refractivity contribution in [3.63, 3.8) is 0 Å². The molecule has 7 N–H and O–H groups in total. The lowest BCUT2D eigenvalue weighted by Crippen LogP contribution is -2.41. The van der Waals surface area contributed by atoms with E-state index in [9.17, 15) is 24.6 Å². The van der Waals surface area contributed by atoms with Crippen molar-refractivity contribution in [2.24, 2.45) is 0 Å². The number of H-pyrrole nitrogens is 1. The Morgan fingerprint density at radius 1 is 1.16 bits per heavy atom. The maximum atomic E-state index is 12.5. The molecule has 2 heterocycles. The molecule has 0 aliphatic heterocycles. The predicted molar refractivity (Wildman–Crippen MR) is 114 cm³/mol. The highest BCUT2D eigenvalue weighted by atomic mass is 16.4. The third-order valence-electron chi connectivity index (χ3n) is 5.32. The maximum Gasteiger partial charge on any atom is 0.326 e. The number of aromatic hydroxyl groups is 1. The minimum absolute atomic E-state index is 0.0559. The molecule has 32 heavy (non-hydrogen) atoms. The number of rotatable bonds is 8. The van der Waals surface area contributed by atoms with Crippen LogP contribution in [0.1, 0.15) is 48.2 Å². The highest BCUT2D eigenvalue weighted by Crippen LogP contribution is 2.38. The highest BCUT2D eigenvalue weighted by molar-refractivity contribution is 5.96. The molecule has 2 aromatic heterocycles. The van der Waals surface area contributed by atoms with Gasteiger partial charge in [-0.1, -0.05) is 26.0 Å². The largest absolute Gasteiger partial charge is 0.493 e. The lowest BCUT2D eigenvalue weighted by atomic mass is 9.78. The number of hydrogen-bond donors (Lipinski definition) is 6. The molecule has 0 unspecified atom stereocenters. The summed E-state index contributed by atoms with van der Waals surface area (Å²) < 4.78 is 0. The monoisotopic (exact) mass is 441 g/mol. The number of nitrogens with one attached hydrogen (secondary N) is 2. The van der Waals surface area contributed by atoms with Gasteiger partial charge >= 0.3 is 11.9 Å². The van der Waals surface area contributed by atoms with Gasteiger partial charge in [0.1, 0.15) is 11.7 Å². The number of amides is 1. The first kappa shape index (κ1) is 22.5. The number of carboxylic acid groups (broad SMARTS) is 2. The molecule has 1 aromatic carbocycles. The van der Waals surface area contributed by atoms with E-state index in [0.29, 0.717) is 11.0 Å². The van der Waals surface area contributed by atoms with Crippen LogP contribution in [0.3, 0.4) is 0 Å². The summed E-state index contributed by atoms with van der Waals surface area (Å²) in [5.41, 5.74) is 7.12. The second-order valence-electron chi connectivity index (χ2n) is 7.83.